The maximum atomic E-state index is 12.2. The molecule has 0 saturated heterocycles. The molecule has 144 valence electrons. The molecule has 0 bridgehead atoms. The van der Waals surface area contributed by atoms with Crippen LogP contribution in [0.4, 0.5) is 13.2 Å². The maximum absolute atomic E-state index is 12.2. The Morgan fingerprint density at radius 3 is 2.04 bits per heavy atom. The van der Waals surface area contributed by atoms with Gasteiger partial charge in [0, 0.05) is 18.0 Å². The first-order valence-electron chi connectivity index (χ1n) is 8.55. The molecule has 2 aromatic carbocycles. The van der Waals surface area contributed by atoms with Gasteiger partial charge in [-0.15, -0.1) is 13.2 Å². The predicted molar refractivity (Wildman–Crippen MR) is 96.4 cm³/mol. The van der Waals surface area contributed by atoms with Crippen LogP contribution in [0.1, 0.15) is 12.0 Å². The summed E-state index contributed by atoms with van der Waals surface area (Å²) in [5.41, 5.74) is 2.60. The van der Waals surface area contributed by atoms with Crippen molar-refractivity contribution in [3.8, 4) is 16.9 Å². The number of hydrogen-bond acceptors (Lipinski definition) is 3. The molecule has 0 amide bonds. The zero-order valence-corrected chi connectivity index (χ0v) is 14.8. The molecule has 1 aromatic heterocycles. The van der Waals surface area contributed by atoms with Gasteiger partial charge in [0.05, 0.1) is 0 Å². The summed E-state index contributed by atoms with van der Waals surface area (Å²) >= 11 is 0. The van der Waals surface area contributed by atoms with Gasteiger partial charge in [0.25, 0.3) is 0 Å². The van der Waals surface area contributed by atoms with Crippen molar-refractivity contribution >= 4 is 5.90 Å². The average molecular weight is 386 g/mol. The first-order chi connectivity index (χ1) is 13.4. The molecule has 0 N–H and O–H groups in total. The third-order valence-electron chi connectivity index (χ3n) is 3.93. The third kappa shape index (κ3) is 5.84. The molecule has 0 aliphatic carbocycles. The SMILES string of the molecule is [O-]C(CCc1ccc(-c2ccc(OC(F)(F)F)cc2)cc1)=N[n+]1ccccc1. The molecule has 7 heteroatoms. The lowest BCUT2D eigenvalue weighted by molar-refractivity contribution is -0.681. The lowest BCUT2D eigenvalue weighted by atomic mass is 10.0. The maximum Gasteiger partial charge on any atom is 0.573 e. The van der Waals surface area contributed by atoms with Crippen LogP contribution in [0, 0.1) is 0 Å². The minimum absolute atomic E-state index is 0.222. The second kappa shape index (κ2) is 8.56. The van der Waals surface area contributed by atoms with Crippen LogP contribution < -0.4 is 14.5 Å². The summed E-state index contributed by atoms with van der Waals surface area (Å²) in [5.74, 6) is -0.480. The van der Waals surface area contributed by atoms with E-state index in [4.69, 9.17) is 0 Å². The zero-order chi connectivity index (χ0) is 20.0. The summed E-state index contributed by atoms with van der Waals surface area (Å²) in [6.45, 7) is 0. The molecule has 0 aliphatic rings. The number of ether oxygens (including phenoxy) is 1. The van der Waals surface area contributed by atoms with Crippen LogP contribution in [-0.4, -0.2) is 12.3 Å². The molecule has 0 spiro atoms. The van der Waals surface area contributed by atoms with Crippen LogP contribution >= 0.6 is 0 Å². The van der Waals surface area contributed by atoms with Crippen molar-refractivity contribution in [1.29, 1.82) is 0 Å². The molecule has 28 heavy (non-hydrogen) atoms. The Morgan fingerprint density at radius 2 is 1.46 bits per heavy atom. The second-order valence-electron chi connectivity index (χ2n) is 6.02. The van der Waals surface area contributed by atoms with Crippen LogP contribution in [0.5, 0.6) is 5.75 Å². The zero-order valence-electron chi connectivity index (χ0n) is 14.8. The van der Waals surface area contributed by atoms with Gasteiger partial charge >= 0.3 is 6.36 Å². The average Bonchev–Trinajstić information content (AvgIpc) is 2.67. The van der Waals surface area contributed by atoms with Gasteiger partial charge in [0.2, 0.25) is 12.4 Å². The number of aromatic nitrogens is 1. The molecule has 0 saturated carbocycles. The molecular weight excluding hydrogens is 369 g/mol. The smallest absolute Gasteiger partial charge is 0.573 e. The molecule has 1 heterocycles. The lowest BCUT2D eigenvalue weighted by Crippen LogP contribution is -2.32. The Hall–Kier alpha value is -3.35. The number of hydrogen-bond donors (Lipinski definition) is 0. The third-order valence-corrected chi connectivity index (χ3v) is 3.93. The van der Waals surface area contributed by atoms with Gasteiger partial charge in [-0.2, -0.15) is 0 Å². The van der Waals surface area contributed by atoms with Gasteiger partial charge < -0.3 is 9.84 Å². The predicted octanol–water partition coefficient (Wildman–Crippen LogP) is 3.69. The molecule has 0 fully saturated rings. The van der Waals surface area contributed by atoms with Crippen LogP contribution in [0.15, 0.2) is 84.2 Å². The van der Waals surface area contributed by atoms with Crippen LogP contribution in [0.2, 0.25) is 0 Å². The molecular formula is C21H17F3N2O2. The van der Waals surface area contributed by atoms with E-state index in [0.717, 1.165) is 16.7 Å². The highest BCUT2D eigenvalue weighted by Gasteiger charge is 2.30. The Kier molecular flexibility index (Phi) is 5.93. The van der Waals surface area contributed by atoms with Crippen LogP contribution in [0.3, 0.4) is 0 Å². The summed E-state index contributed by atoms with van der Waals surface area (Å²) in [5, 5.41) is 15.9. The van der Waals surface area contributed by atoms with Gasteiger partial charge in [-0.3, -0.25) is 0 Å². The molecule has 3 aromatic rings. The molecule has 0 unspecified atom stereocenters. The van der Waals surface area contributed by atoms with E-state index in [1.807, 2.05) is 30.3 Å². The number of alkyl halides is 3. The Labute approximate surface area is 160 Å². The van der Waals surface area contributed by atoms with E-state index in [0.29, 0.717) is 6.42 Å². The van der Waals surface area contributed by atoms with E-state index < -0.39 is 6.36 Å². The van der Waals surface area contributed by atoms with E-state index >= 15 is 0 Å². The Balaban J connectivity index is 1.60. The highest BCUT2D eigenvalue weighted by Crippen LogP contribution is 2.26. The van der Waals surface area contributed by atoms with Crippen molar-refractivity contribution in [2.24, 2.45) is 5.10 Å². The first-order valence-corrected chi connectivity index (χ1v) is 8.55. The normalized spacial score (nSPS) is 12.0. The van der Waals surface area contributed by atoms with Gasteiger partial charge in [0.15, 0.2) is 0 Å². The van der Waals surface area contributed by atoms with E-state index in [9.17, 15) is 18.3 Å². The monoisotopic (exact) mass is 386 g/mol. The fourth-order valence-corrected chi connectivity index (χ4v) is 2.60. The van der Waals surface area contributed by atoms with E-state index in [2.05, 4.69) is 9.84 Å². The van der Waals surface area contributed by atoms with Gasteiger partial charge in [-0.1, -0.05) is 47.1 Å². The minimum atomic E-state index is -4.70. The summed E-state index contributed by atoms with van der Waals surface area (Å²) in [6.07, 6.45) is -0.486. The highest BCUT2D eigenvalue weighted by atomic mass is 19.4. The van der Waals surface area contributed by atoms with Gasteiger partial charge in [-0.25, -0.2) is 0 Å². The van der Waals surface area contributed by atoms with Crippen molar-refractivity contribution in [1.82, 2.24) is 0 Å². The van der Waals surface area contributed by atoms with E-state index in [-0.39, 0.29) is 18.1 Å². The van der Waals surface area contributed by atoms with Crippen LogP contribution in [-0.2, 0) is 6.42 Å². The number of halogens is 3. The van der Waals surface area contributed by atoms with Gasteiger partial charge in [-0.05, 0) is 46.8 Å². The largest absolute Gasteiger partial charge is 0.858 e. The number of benzene rings is 2. The number of nitrogens with zero attached hydrogens (tertiary/aromatic N) is 2. The fourth-order valence-electron chi connectivity index (χ4n) is 2.60. The van der Waals surface area contributed by atoms with Crippen LogP contribution in [0.25, 0.3) is 11.1 Å². The molecule has 0 atom stereocenters. The van der Waals surface area contributed by atoms with E-state index in [1.54, 1.807) is 36.7 Å². The van der Waals surface area contributed by atoms with Crippen molar-refractivity contribution in [3.63, 3.8) is 0 Å². The highest BCUT2D eigenvalue weighted by molar-refractivity contribution is 5.71. The number of pyridine rings is 1. The second-order valence-corrected chi connectivity index (χ2v) is 6.02. The van der Waals surface area contributed by atoms with Crippen molar-refractivity contribution in [3.05, 3.63) is 84.7 Å². The number of rotatable bonds is 6. The first kappa shape index (κ1) is 19.4. The van der Waals surface area contributed by atoms with Crippen molar-refractivity contribution in [2.75, 3.05) is 0 Å². The lowest BCUT2D eigenvalue weighted by Gasteiger charge is -2.10. The Bertz CT molecular complexity index is 923. The molecule has 0 aliphatic heterocycles. The summed E-state index contributed by atoms with van der Waals surface area (Å²) in [6, 6.07) is 18.6. The van der Waals surface area contributed by atoms with Crippen molar-refractivity contribution in [2.45, 2.75) is 19.2 Å². The minimum Gasteiger partial charge on any atom is -0.858 e. The van der Waals surface area contributed by atoms with Crippen molar-refractivity contribution < 1.29 is 27.7 Å². The Morgan fingerprint density at radius 1 is 0.893 bits per heavy atom. The van der Waals surface area contributed by atoms with E-state index in [1.165, 1.54) is 16.8 Å². The summed E-state index contributed by atoms with van der Waals surface area (Å²) in [4.78, 5) is 0. The van der Waals surface area contributed by atoms with Gasteiger partial charge in [0.1, 0.15) is 5.75 Å². The summed E-state index contributed by atoms with van der Waals surface area (Å²) in [7, 11) is 0. The summed E-state index contributed by atoms with van der Waals surface area (Å²) < 4.78 is 42.0. The number of aryl methyl sites for hydroxylation is 1. The standard InChI is InChI=1S/C21H17F3N2O2/c22-21(23,24)28-19-11-9-18(10-12-19)17-7-4-16(5-8-17)6-13-20(27)25-26-14-2-1-3-15-26/h1-5,7-12,14-15H,6,13H2. The molecule has 4 nitrogen and oxygen atoms in total. The molecule has 0 radical (unpaired) electrons. The molecule has 3 rings (SSSR count). The quantitative estimate of drug-likeness (QED) is 0.369. The fraction of sp³-hybridized carbons (Fsp3) is 0.143. The topological polar surface area (TPSA) is 48.5 Å².